The van der Waals surface area contributed by atoms with Crippen molar-refractivity contribution in [3.63, 3.8) is 0 Å². The Morgan fingerprint density at radius 2 is 2.08 bits per heavy atom. The van der Waals surface area contributed by atoms with Gasteiger partial charge in [-0.15, -0.1) is 0 Å². The van der Waals surface area contributed by atoms with Gasteiger partial charge in [0.1, 0.15) is 5.78 Å². The van der Waals surface area contributed by atoms with Gasteiger partial charge in [0.2, 0.25) is 0 Å². The lowest BCUT2D eigenvalue weighted by Crippen LogP contribution is -2.01. The van der Waals surface area contributed by atoms with Crippen LogP contribution in [0.25, 0.3) is 0 Å². The maximum atomic E-state index is 10.8. The van der Waals surface area contributed by atoms with Crippen molar-refractivity contribution in [2.24, 2.45) is 0 Å². The first-order chi connectivity index (χ1) is 5.59. The van der Waals surface area contributed by atoms with E-state index in [1.807, 2.05) is 0 Å². The van der Waals surface area contributed by atoms with Crippen LogP contribution in [0, 0.1) is 0 Å². The summed E-state index contributed by atoms with van der Waals surface area (Å²) in [7, 11) is 0. The minimum atomic E-state index is 0.0901. The molecule has 0 aliphatic carbocycles. The summed E-state index contributed by atoms with van der Waals surface area (Å²) in [6, 6.07) is 5.17. The molecule has 0 atom stereocenters. The van der Waals surface area contributed by atoms with Crippen LogP contribution in [-0.2, 0) is 11.2 Å². The molecule has 0 bridgehead atoms. The smallest absolute Gasteiger partial charge is 0.134 e. The number of nitrogen functional groups attached to an aromatic ring is 2. The molecule has 0 saturated carbocycles. The van der Waals surface area contributed by atoms with Gasteiger partial charge in [-0.1, -0.05) is 0 Å². The molecule has 1 rings (SSSR count). The molecule has 0 aliphatic heterocycles. The predicted octanol–water partition coefficient (Wildman–Crippen LogP) is 0.983. The molecule has 3 heteroatoms. The van der Waals surface area contributed by atoms with Gasteiger partial charge in [-0.25, -0.2) is 0 Å². The van der Waals surface area contributed by atoms with Crippen LogP contribution >= 0.6 is 0 Å². The van der Waals surface area contributed by atoms with Crippen LogP contribution in [0.5, 0.6) is 0 Å². The molecule has 1 aromatic rings. The van der Waals surface area contributed by atoms with Gasteiger partial charge in [-0.05, 0) is 30.7 Å². The molecule has 0 aliphatic rings. The normalized spacial score (nSPS) is 9.75. The van der Waals surface area contributed by atoms with Gasteiger partial charge < -0.3 is 11.5 Å². The molecule has 4 N–H and O–H groups in total. The van der Waals surface area contributed by atoms with E-state index < -0.39 is 0 Å². The van der Waals surface area contributed by atoms with Crippen LogP contribution in [0.3, 0.4) is 0 Å². The van der Waals surface area contributed by atoms with E-state index in [2.05, 4.69) is 0 Å². The van der Waals surface area contributed by atoms with Crippen molar-refractivity contribution >= 4 is 17.2 Å². The summed E-state index contributed by atoms with van der Waals surface area (Å²) >= 11 is 0. The summed E-state index contributed by atoms with van der Waals surface area (Å²) in [6.45, 7) is 1.53. The Balaban J connectivity index is 2.97. The standard InChI is InChI=1S/C9H12N2O/c1-6(12)4-7-5-8(10)2-3-9(7)11/h2-3,5H,4,10-11H2,1H3. The maximum Gasteiger partial charge on any atom is 0.134 e. The number of carbonyl (C=O) groups is 1. The average Bonchev–Trinajstić information content (AvgIpc) is 1.96. The largest absolute Gasteiger partial charge is 0.399 e. The zero-order valence-electron chi connectivity index (χ0n) is 7.00. The van der Waals surface area contributed by atoms with Crippen molar-refractivity contribution in [1.82, 2.24) is 0 Å². The number of Topliss-reactive ketones (excluding diaryl/α,β-unsaturated/α-hetero) is 1. The number of ketones is 1. The van der Waals surface area contributed by atoms with Crippen molar-refractivity contribution in [1.29, 1.82) is 0 Å². The molecule has 64 valence electrons. The quantitative estimate of drug-likeness (QED) is 0.640. The summed E-state index contributed by atoms with van der Waals surface area (Å²) in [5.41, 5.74) is 13.2. The number of nitrogens with two attached hydrogens (primary N) is 2. The van der Waals surface area contributed by atoms with E-state index >= 15 is 0 Å². The number of benzene rings is 1. The first-order valence-corrected chi connectivity index (χ1v) is 3.73. The second-order valence-corrected chi connectivity index (χ2v) is 2.84. The van der Waals surface area contributed by atoms with Crippen molar-refractivity contribution < 1.29 is 4.79 Å². The van der Waals surface area contributed by atoms with Gasteiger partial charge in [0.05, 0.1) is 0 Å². The van der Waals surface area contributed by atoms with Gasteiger partial charge in [-0.3, -0.25) is 4.79 Å². The Morgan fingerprint density at radius 3 is 2.67 bits per heavy atom. The predicted molar refractivity (Wildman–Crippen MR) is 49.7 cm³/mol. The second-order valence-electron chi connectivity index (χ2n) is 2.84. The van der Waals surface area contributed by atoms with Crippen molar-refractivity contribution in [2.75, 3.05) is 11.5 Å². The summed E-state index contributed by atoms with van der Waals surface area (Å²) < 4.78 is 0. The highest BCUT2D eigenvalue weighted by Crippen LogP contribution is 2.15. The fourth-order valence-corrected chi connectivity index (χ4v) is 1.05. The summed E-state index contributed by atoms with van der Waals surface area (Å²) in [5.74, 6) is 0.0901. The Kier molecular flexibility index (Phi) is 2.33. The highest BCUT2D eigenvalue weighted by Gasteiger charge is 2.01. The number of hydrogen-bond donors (Lipinski definition) is 2. The van der Waals surface area contributed by atoms with Crippen molar-refractivity contribution in [2.45, 2.75) is 13.3 Å². The number of anilines is 2. The van der Waals surface area contributed by atoms with Gasteiger partial charge in [-0.2, -0.15) is 0 Å². The van der Waals surface area contributed by atoms with E-state index in [1.165, 1.54) is 6.92 Å². The van der Waals surface area contributed by atoms with E-state index in [0.717, 1.165) is 5.56 Å². The third kappa shape index (κ3) is 1.99. The molecular formula is C9H12N2O. The molecule has 0 unspecified atom stereocenters. The molecule has 0 radical (unpaired) electrons. The van der Waals surface area contributed by atoms with E-state index in [-0.39, 0.29) is 5.78 Å². The lowest BCUT2D eigenvalue weighted by atomic mass is 10.1. The highest BCUT2D eigenvalue weighted by molar-refractivity contribution is 5.80. The number of rotatable bonds is 2. The molecule has 0 spiro atoms. The van der Waals surface area contributed by atoms with Gasteiger partial charge in [0.25, 0.3) is 0 Å². The molecule has 12 heavy (non-hydrogen) atoms. The molecule has 0 aromatic heterocycles. The summed E-state index contributed by atoms with van der Waals surface area (Å²) in [5, 5.41) is 0. The van der Waals surface area contributed by atoms with Gasteiger partial charge in [0, 0.05) is 17.8 Å². The zero-order chi connectivity index (χ0) is 9.14. The van der Waals surface area contributed by atoms with Crippen molar-refractivity contribution in [3.05, 3.63) is 23.8 Å². The third-order valence-corrected chi connectivity index (χ3v) is 1.61. The first-order valence-electron chi connectivity index (χ1n) is 3.73. The summed E-state index contributed by atoms with van der Waals surface area (Å²) in [6.07, 6.45) is 0.358. The monoisotopic (exact) mass is 164 g/mol. The fourth-order valence-electron chi connectivity index (χ4n) is 1.05. The minimum absolute atomic E-state index is 0.0901. The lowest BCUT2D eigenvalue weighted by Gasteiger charge is -2.03. The minimum Gasteiger partial charge on any atom is -0.399 e. The van der Waals surface area contributed by atoms with Crippen LogP contribution in [0.1, 0.15) is 12.5 Å². The van der Waals surface area contributed by atoms with E-state index in [1.54, 1.807) is 18.2 Å². The zero-order valence-corrected chi connectivity index (χ0v) is 7.00. The van der Waals surface area contributed by atoms with Crippen LogP contribution in [0.2, 0.25) is 0 Å². The van der Waals surface area contributed by atoms with E-state index in [4.69, 9.17) is 11.5 Å². The maximum absolute atomic E-state index is 10.8. The SMILES string of the molecule is CC(=O)Cc1cc(N)ccc1N. The molecular weight excluding hydrogens is 152 g/mol. The van der Waals surface area contributed by atoms with Crippen molar-refractivity contribution in [3.8, 4) is 0 Å². The van der Waals surface area contributed by atoms with Crippen LogP contribution in [0.15, 0.2) is 18.2 Å². The topological polar surface area (TPSA) is 69.1 Å². The number of carbonyl (C=O) groups excluding carboxylic acids is 1. The molecule has 0 saturated heterocycles. The molecule has 3 nitrogen and oxygen atoms in total. The summed E-state index contributed by atoms with van der Waals surface area (Å²) in [4.78, 5) is 10.8. The fraction of sp³-hybridized carbons (Fsp3) is 0.222. The Hall–Kier alpha value is -1.51. The Labute approximate surface area is 71.4 Å². The second kappa shape index (κ2) is 3.26. The van der Waals surface area contributed by atoms with Gasteiger partial charge >= 0.3 is 0 Å². The first kappa shape index (κ1) is 8.59. The Bertz CT molecular complexity index is 307. The highest BCUT2D eigenvalue weighted by atomic mass is 16.1. The van der Waals surface area contributed by atoms with Crippen LogP contribution in [-0.4, -0.2) is 5.78 Å². The van der Waals surface area contributed by atoms with Crippen LogP contribution < -0.4 is 11.5 Å². The molecule has 0 heterocycles. The average molecular weight is 164 g/mol. The molecule has 0 fully saturated rings. The van der Waals surface area contributed by atoms with E-state index in [0.29, 0.717) is 17.8 Å². The molecule has 0 amide bonds. The number of hydrogen-bond acceptors (Lipinski definition) is 3. The molecule has 1 aromatic carbocycles. The van der Waals surface area contributed by atoms with Gasteiger partial charge in [0.15, 0.2) is 0 Å². The third-order valence-electron chi connectivity index (χ3n) is 1.61. The Morgan fingerprint density at radius 1 is 1.42 bits per heavy atom. The van der Waals surface area contributed by atoms with E-state index in [9.17, 15) is 4.79 Å². The lowest BCUT2D eigenvalue weighted by molar-refractivity contribution is -0.116. The van der Waals surface area contributed by atoms with Crippen LogP contribution in [0.4, 0.5) is 11.4 Å².